The third-order valence-corrected chi connectivity index (χ3v) is 2.95. The molecule has 0 aromatic heterocycles. The van der Waals surface area contributed by atoms with Gasteiger partial charge < -0.3 is 14.9 Å². The summed E-state index contributed by atoms with van der Waals surface area (Å²) >= 11 is 3.31. The summed E-state index contributed by atoms with van der Waals surface area (Å²) in [5.74, 6) is -1.76. The molecule has 1 atom stereocenters. The summed E-state index contributed by atoms with van der Waals surface area (Å²) in [5, 5.41) is 20.2. The van der Waals surface area contributed by atoms with E-state index in [1.165, 1.54) is 7.11 Å². The van der Waals surface area contributed by atoms with Crippen LogP contribution in [0.1, 0.15) is 12.0 Å². The van der Waals surface area contributed by atoms with Gasteiger partial charge in [0.05, 0.1) is 13.5 Å². The fourth-order valence-corrected chi connectivity index (χ4v) is 1.95. The minimum Gasteiger partial charge on any atom is -0.496 e. The summed E-state index contributed by atoms with van der Waals surface area (Å²) in [5.41, 5.74) is 0.744. The maximum absolute atomic E-state index is 10.9. The molecule has 0 bridgehead atoms. The van der Waals surface area contributed by atoms with E-state index in [0.29, 0.717) is 5.75 Å². The number of carboxylic acids is 2. The molecule has 104 valence electrons. The van der Waals surface area contributed by atoms with Gasteiger partial charge >= 0.3 is 11.9 Å². The summed E-state index contributed by atoms with van der Waals surface area (Å²) < 4.78 is 5.98. The van der Waals surface area contributed by atoms with Crippen LogP contribution in [-0.2, 0) is 16.1 Å². The van der Waals surface area contributed by atoms with Gasteiger partial charge in [-0.3, -0.25) is 14.9 Å². The first kappa shape index (κ1) is 15.5. The number of hydrogen-bond donors (Lipinski definition) is 3. The van der Waals surface area contributed by atoms with Gasteiger partial charge in [0.1, 0.15) is 11.8 Å². The highest BCUT2D eigenvalue weighted by molar-refractivity contribution is 9.10. The fraction of sp³-hybridized carbons (Fsp3) is 0.333. The molecule has 0 spiro atoms. The molecule has 1 aromatic carbocycles. The second-order valence-corrected chi connectivity index (χ2v) is 4.74. The zero-order chi connectivity index (χ0) is 14.4. The van der Waals surface area contributed by atoms with Crippen molar-refractivity contribution in [1.82, 2.24) is 5.32 Å². The van der Waals surface area contributed by atoms with Crippen LogP contribution in [0, 0.1) is 0 Å². The van der Waals surface area contributed by atoms with Crippen LogP contribution >= 0.6 is 15.9 Å². The first-order valence-corrected chi connectivity index (χ1v) is 6.23. The number of methoxy groups -OCH3 is 1. The molecule has 0 amide bonds. The summed E-state index contributed by atoms with van der Waals surface area (Å²) in [6.45, 7) is 0.201. The summed E-state index contributed by atoms with van der Waals surface area (Å²) in [6, 6.07) is 4.19. The van der Waals surface area contributed by atoms with Crippen molar-refractivity contribution < 1.29 is 24.5 Å². The molecule has 0 aliphatic heterocycles. The van der Waals surface area contributed by atoms with Gasteiger partial charge in [-0.05, 0) is 18.2 Å². The number of rotatable bonds is 7. The van der Waals surface area contributed by atoms with Crippen molar-refractivity contribution in [2.24, 2.45) is 0 Å². The lowest BCUT2D eigenvalue weighted by Crippen LogP contribution is -2.38. The number of halogens is 1. The van der Waals surface area contributed by atoms with Crippen LogP contribution < -0.4 is 10.1 Å². The van der Waals surface area contributed by atoms with Gasteiger partial charge in [0.25, 0.3) is 0 Å². The molecule has 1 aromatic rings. The molecular formula is C12H14BrNO5. The zero-order valence-corrected chi connectivity index (χ0v) is 11.8. The maximum Gasteiger partial charge on any atom is 0.321 e. The quantitative estimate of drug-likeness (QED) is 0.700. The largest absolute Gasteiger partial charge is 0.496 e. The van der Waals surface area contributed by atoms with Crippen LogP contribution in [-0.4, -0.2) is 35.3 Å². The van der Waals surface area contributed by atoms with Crippen LogP contribution in [0.5, 0.6) is 5.75 Å². The van der Waals surface area contributed by atoms with Crippen LogP contribution in [0.4, 0.5) is 0 Å². The van der Waals surface area contributed by atoms with E-state index in [0.717, 1.165) is 10.0 Å². The number of nitrogens with one attached hydrogen (secondary N) is 1. The number of carbonyl (C=O) groups is 2. The molecule has 7 heteroatoms. The molecule has 6 nitrogen and oxygen atoms in total. The lowest BCUT2D eigenvalue weighted by molar-refractivity contribution is -0.146. The molecular weight excluding hydrogens is 318 g/mol. The molecule has 0 radical (unpaired) electrons. The average Bonchev–Trinajstić information content (AvgIpc) is 2.34. The topological polar surface area (TPSA) is 95.9 Å². The monoisotopic (exact) mass is 331 g/mol. The van der Waals surface area contributed by atoms with Gasteiger partial charge in [0.15, 0.2) is 0 Å². The molecule has 1 rings (SSSR count). The normalized spacial score (nSPS) is 11.9. The van der Waals surface area contributed by atoms with Gasteiger partial charge in [-0.25, -0.2) is 0 Å². The van der Waals surface area contributed by atoms with E-state index in [-0.39, 0.29) is 6.54 Å². The molecule has 0 aliphatic carbocycles. The molecule has 19 heavy (non-hydrogen) atoms. The molecule has 0 aliphatic rings. The highest BCUT2D eigenvalue weighted by Crippen LogP contribution is 2.22. The second-order valence-electron chi connectivity index (χ2n) is 3.83. The third kappa shape index (κ3) is 4.88. The van der Waals surface area contributed by atoms with Crippen LogP contribution in [0.3, 0.4) is 0 Å². The van der Waals surface area contributed by atoms with Crippen molar-refractivity contribution in [3.05, 3.63) is 28.2 Å². The van der Waals surface area contributed by atoms with Crippen molar-refractivity contribution in [2.45, 2.75) is 19.0 Å². The SMILES string of the molecule is COc1ccc(Br)cc1CNC(CC(=O)O)C(=O)O. The first-order valence-electron chi connectivity index (χ1n) is 5.44. The van der Waals surface area contributed by atoms with Gasteiger partial charge in [-0.15, -0.1) is 0 Å². The van der Waals surface area contributed by atoms with E-state index in [1.807, 2.05) is 0 Å². The Morgan fingerprint density at radius 1 is 1.42 bits per heavy atom. The van der Waals surface area contributed by atoms with E-state index < -0.39 is 24.4 Å². The van der Waals surface area contributed by atoms with Gasteiger partial charge in [-0.2, -0.15) is 0 Å². The van der Waals surface area contributed by atoms with Gasteiger partial charge in [-0.1, -0.05) is 15.9 Å². The smallest absolute Gasteiger partial charge is 0.321 e. The van der Waals surface area contributed by atoms with Gasteiger partial charge in [0, 0.05) is 16.6 Å². The highest BCUT2D eigenvalue weighted by atomic mass is 79.9. The number of ether oxygens (including phenoxy) is 1. The standard InChI is InChI=1S/C12H14BrNO5/c1-19-10-3-2-8(13)4-7(10)6-14-9(12(17)18)5-11(15)16/h2-4,9,14H,5-6H2,1H3,(H,15,16)(H,17,18). The van der Waals surface area contributed by atoms with E-state index >= 15 is 0 Å². The van der Waals surface area contributed by atoms with Crippen molar-refractivity contribution in [3.8, 4) is 5.75 Å². The summed E-state index contributed by atoms with van der Waals surface area (Å²) in [4.78, 5) is 21.5. The Morgan fingerprint density at radius 2 is 2.11 bits per heavy atom. The Kier molecular flexibility index (Phi) is 5.78. The Labute approximate surface area is 118 Å². The van der Waals surface area contributed by atoms with Crippen LogP contribution in [0.25, 0.3) is 0 Å². The van der Waals surface area contributed by atoms with Crippen LogP contribution in [0.2, 0.25) is 0 Å². The summed E-state index contributed by atoms with van der Waals surface area (Å²) in [7, 11) is 1.51. The predicted molar refractivity (Wildman–Crippen MR) is 71.2 cm³/mol. The Bertz CT molecular complexity index is 477. The molecule has 0 saturated heterocycles. The Hall–Kier alpha value is -1.60. The number of carboxylic acid groups (broad SMARTS) is 2. The van der Waals surface area contributed by atoms with Crippen molar-refractivity contribution in [2.75, 3.05) is 7.11 Å². The first-order chi connectivity index (χ1) is 8.93. The summed E-state index contributed by atoms with van der Waals surface area (Å²) in [6.07, 6.45) is -0.481. The zero-order valence-electron chi connectivity index (χ0n) is 10.2. The number of benzene rings is 1. The lowest BCUT2D eigenvalue weighted by Gasteiger charge is -2.14. The lowest BCUT2D eigenvalue weighted by atomic mass is 10.1. The predicted octanol–water partition coefficient (Wildman–Crippen LogP) is 1.48. The van der Waals surface area contributed by atoms with E-state index in [2.05, 4.69) is 21.2 Å². The molecule has 0 fully saturated rings. The highest BCUT2D eigenvalue weighted by Gasteiger charge is 2.20. The minimum atomic E-state index is -1.20. The maximum atomic E-state index is 10.9. The fourth-order valence-electron chi connectivity index (χ4n) is 1.54. The van der Waals surface area contributed by atoms with Crippen molar-refractivity contribution >= 4 is 27.9 Å². The van der Waals surface area contributed by atoms with E-state index in [9.17, 15) is 9.59 Å². The Morgan fingerprint density at radius 3 is 2.63 bits per heavy atom. The van der Waals surface area contributed by atoms with Gasteiger partial charge in [0.2, 0.25) is 0 Å². The average molecular weight is 332 g/mol. The molecule has 0 saturated carbocycles. The molecule has 1 unspecified atom stereocenters. The van der Waals surface area contributed by atoms with E-state index in [4.69, 9.17) is 14.9 Å². The third-order valence-electron chi connectivity index (χ3n) is 2.46. The Balaban J connectivity index is 2.76. The minimum absolute atomic E-state index is 0.201. The molecule has 0 heterocycles. The second kappa shape index (κ2) is 7.10. The van der Waals surface area contributed by atoms with Crippen LogP contribution in [0.15, 0.2) is 22.7 Å². The van der Waals surface area contributed by atoms with Crippen molar-refractivity contribution in [3.63, 3.8) is 0 Å². The van der Waals surface area contributed by atoms with Crippen molar-refractivity contribution in [1.29, 1.82) is 0 Å². The number of hydrogen-bond acceptors (Lipinski definition) is 4. The molecule has 3 N–H and O–H groups in total. The van der Waals surface area contributed by atoms with E-state index in [1.54, 1.807) is 18.2 Å². The number of aliphatic carboxylic acids is 2.